The molecule has 0 aromatic carbocycles. The molecule has 1 unspecified atom stereocenters. The van der Waals surface area contributed by atoms with Crippen molar-refractivity contribution in [3.63, 3.8) is 0 Å². The minimum atomic E-state index is -1.10. The standard InChI is InChI=1S/C10H8N4O2/c1-6(2-11)7-3-12-10-13-8(9(15)16)5-14(10)4-7/h3-6H,1H3,(H,15,16). The molecule has 1 N–H and O–H groups in total. The van der Waals surface area contributed by atoms with Crippen molar-refractivity contribution in [2.75, 3.05) is 0 Å². The van der Waals surface area contributed by atoms with Gasteiger partial charge < -0.3 is 5.11 Å². The van der Waals surface area contributed by atoms with Crippen LogP contribution in [0.25, 0.3) is 5.78 Å². The van der Waals surface area contributed by atoms with Gasteiger partial charge in [-0.25, -0.2) is 14.8 Å². The van der Waals surface area contributed by atoms with Crippen molar-refractivity contribution in [3.8, 4) is 6.07 Å². The number of nitriles is 1. The monoisotopic (exact) mass is 216 g/mol. The molecule has 0 amide bonds. The zero-order valence-electron chi connectivity index (χ0n) is 8.45. The van der Waals surface area contributed by atoms with Gasteiger partial charge >= 0.3 is 5.97 Å². The van der Waals surface area contributed by atoms with Crippen LogP contribution in [0.2, 0.25) is 0 Å². The summed E-state index contributed by atoms with van der Waals surface area (Å²) in [6, 6.07) is 2.09. The lowest BCUT2D eigenvalue weighted by atomic mass is 10.1. The van der Waals surface area contributed by atoms with Crippen LogP contribution in [0.5, 0.6) is 0 Å². The van der Waals surface area contributed by atoms with Crippen LogP contribution in [0.4, 0.5) is 0 Å². The maximum Gasteiger partial charge on any atom is 0.356 e. The number of hydrogen-bond acceptors (Lipinski definition) is 4. The third kappa shape index (κ3) is 1.59. The molecule has 0 radical (unpaired) electrons. The maximum atomic E-state index is 10.7. The van der Waals surface area contributed by atoms with E-state index in [0.717, 1.165) is 5.56 Å². The Morgan fingerprint density at radius 1 is 1.62 bits per heavy atom. The number of aromatic carboxylic acids is 1. The van der Waals surface area contributed by atoms with E-state index in [-0.39, 0.29) is 11.6 Å². The number of aromatic nitrogens is 3. The lowest BCUT2D eigenvalue weighted by Crippen LogP contribution is -1.95. The Morgan fingerprint density at radius 2 is 2.38 bits per heavy atom. The average Bonchev–Trinajstić information content (AvgIpc) is 2.70. The fourth-order valence-corrected chi connectivity index (χ4v) is 1.30. The second kappa shape index (κ2) is 3.62. The van der Waals surface area contributed by atoms with Crippen molar-refractivity contribution in [2.45, 2.75) is 12.8 Å². The molecule has 6 nitrogen and oxygen atoms in total. The zero-order valence-corrected chi connectivity index (χ0v) is 8.45. The molecule has 0 aliphatic heterocycles. The van der Waals surface area contributed by atoms with Gasteiger partial charge in [-0.05, 0) is 6.92 Å². The van der Waals surface area contributed by atoms with Gasteiger partial charge in [-0.15, -0.1) is 0 Å². The Bertz CT molecular complexity index is 596. The largest absolute Gasteiger partial charge is 0.476 e. The lowest BCUT2D eigenvalue weighted by molar-refractivity contribution is 0.0691. The number of hydrogen-bond donors (Lipinski definition) is 1. The van der Waals surface area contributed by atoms with Gasteiger partial charge in [-0.3, -0.25) is 4.40 Å². The Balaban J connectivity index is 2.54. The summed E-state index contributed by atoms with van der Waals surface area (Å²) in [6.45, 7) is 1.75. The molecule has 2 aromatic heterocycles. The van der Waals surface area contributed by atoms with Crippen LogP contribution >= 0.6 is 0 Å². The molecule has 0 saturated heterocycles. The Hall–Kier alpha value is -2.42. The maximum absolute atomic E-state index is 10.7. The highest BCUT2D eigenvalue weighted by atomic mass is 16.4. The molecule has 0 aliphatic carbocycles. The predicted octanol–water partition coefficient (Wildman–Crippen LogP) is 1.05. The van der Waals surface area contributed by atoms with Gasteiger partial charge in [-0.2, -0.15) is 5.26 Å². The predicted molar refractivity (Wildman–Crippen MR) is 54.0 cm³/mol. The molecule has 6 heteroatoms. The highest BCUT2D eigenvalue weighted by molar-refractivity contribution is 5.85. The molecule has 80 valence electrons. The van der Waals surface area contributed by atoms with Gasteiger partial charge in [0, 0.05) is 24.2 Å². The van der Waals surface area contributed by atoms with Crippen LogP contribution in [0.15, 0.2) is 18.6 Å². The van der Waals surface area contributed by atoms with Crippen LogP contribution in [0.3, 0.4) is 0 Å². The average molecular weight is 216 g/mol. The third-order valence-electron chi connectivity index (χ3n) is 2.24. The molecule has 2 heterocycles. The first-order valence-electron chi connectivity index (χ1n) is 4.59. The Kier molecular flexibility index (Phi) is 2.29. The topological polar surface area (TPSA) is 91.3 Å². The summed E-state index contributed by atoms with van der Waals surface area (Å²) >= 11 is 0. The van der Waals surface area contributed by atoms with Gasteiger partial charge in [-0.1, -0.05) is 0 Å². The summed E-state index contributed by atoms with van der Waals surface area (Å²) in [5.74, 6) is -1.07. The number of rotatable bonds is 2. The highest BCUT2D eigenvalue weighted by Crippen LogP contribution is 2.13. The summed E-state index contributed by atoms with van der Waals surface area (Å²) in [7, 11) is 0. The molecule has 1 atom stereocenters. The summed E-state index contributed by atoms with van der Waals surface area (Å²) in [5.41, 5.74) is 0.665. The van der Waals surface area contributed by atoms with Gasteiger partial charge in [0.15, 0.2) is 5.69 Å². The molecule has 0 spiro atoms. The van der Waals surface area contributed by atoms with E-state index in [0.29, 0.717) is 5.78 Å². The fraction of sp³-hybridized carbons (Fsp3) is 0.200. The van der Waals surface area contributed by atoms with E-state index in [2.05, 4.69) is 16.0 Å². The lowest BCUT2D eigenvalue weighted by Gasteiger charge is -2.01. The number of carbonyl (C=O) groups is 1. The van der Waals surface area contributed by atoms with E-state index in [1.165, 1.54) is 16.8 Å². The van der Waals surface area contributed by atoms with E-state index < -0.39 is 5.97 Å². The fourth-order valence-electron chi connectivity index (χ4n) is 1.30. The van der Waals surface area contributed by atoms with E-state index in [1.54, 1.807) is 13.1 Å². The summed E-state index contributed by atoms with van der Waals surface area (Å²) in [5, 5.41) is 17.5. The first-order chi connectivity index (χ1) is 7.61. The van der Waals surface area contributed by atoms with Gasteiger partial charge in [0.25, 0.3) is 0 Å². The highest BCUT2D eigenvalue weighted by Gasteiger charge is 2.11. The molecule has 0 bridgehead atoms. The van der Waals surface area contributed by atoms with E-state index in [1.807, 2.05) is 0 Å². The first-order valence-corrected chi connectivity index (χ1v) is 4.59. The quantitative estimate of drug-likeness (QED) is 0.810. The minimum absolute atomic E-state index is 0.0609. The smallest absolute Gasteiger partial charge is 0.356 e. The van der Waals surface area contributed by atoms with Crippen molar-refractivity contribution in [1.82, 2.24) is 14.4 Å². The van der Waals surface area contributed by atoms with Crippen LogP contribution in [-0.2, 0) is 0 Å². The molecular formula is C10H8N4O2. The molecule has 2 rings (SSSR count). The van der Waals surface area contributed by atoms with Crippen molar-refractivity contribution in [2.24, 2.45) is 0 Å². The SMILES string of the molecule is CC(C#N)c1cnc2nc(C(=O)O)cn2c1. The normalized spacial score (nSPS) is 12.2. The van der Waals surface area contributed by atoms with Crippen molar-refractivity contribution in [1.29, 1.82) is 5.26 Å². The van der Waals surface area contributed by atoms with Crippen LogP contribution in [0, 0.1) is 11.3 Å². The summed E-state index contributed by atoms with van der Waals surface area (Å²) in [6.07, 6.45) is 4.57. The summed E-state index contributed by atoms with van der Waals surface area (Å²) < 4.78 is 1.51. The van der Waals surface area contributed by atoms with Crippen molar-refractivity contribution < 1.29 is 9.90 Å². The Labute approximate surface area is 90.8 Å². The van der Waals surface area contributed by atoms with Gasteiger partial charge in [0.05, 0.1) is 12.0 Å². The van der Waals surface area contributed by atoms with Crippen molar-refractivity contribution in [3.05, 3.63) is 29.8 Å². The van der Waals surface area contributed by atoms with E-state index in [4.69, 9.17) is 10.4 Å². The molecule has 2 aromatic rings. The third-order valence-corrected chi connectivity index (χ3v) is 2.24. The van der Waals surface area contributed by atoms with Crippen LogP contribution in [-0.4, -0.2) is 25.4 Å². The molecular weight excluding hydrogens is 208 g/mol. The summed E-state index contributed by atoms with van der Waals surface area (Å²) in [4.78, 5) is 18.5. The number of imidazole rings is 1. The molecule has 0 aliphatic rings. The number of carboxylic acids is 1. The van der Waals surface area contributed by atoms with Crippen LogP contribution in [0.1, 0.15) is 28.9 Å². The Morgan fingerprint density at radius 3 is 3.00 bits per heavy atom. The first kappa shape index (κ1) is 10.1. The van der Waals surface area contributed by atoms with Gasteiger partial charge in [0.2, 0.25) is 5.78 Å². The second-order valence-electron chi connectivity index (χ2n) is 3.38. The van der Waals surface area contributed by atoms with Crippen LogP contribution < -0.4 is 0 Å². The molecule has 0 saturated carbocycles. The van der Waals surface area contributed by atoms with Gasteiger partial charge in [0.1, 0.15) is 0 Å². The zero-order chi connectivity index (χ0) is 11.7. The number of fused-ring (bicyclic) bond motifs is 1. The molecule has 16 heavy (non-hydrogen) atoms. The minimum Gasteiger partial charge on any atom is -0.476 e. The number of nitrogens with zero attached hydrogens (tertiary/aromatic N) is 4. The molecule has 0 fully saturated rings. The van der Waals surface area contributed by atoms with E-state index >= 15 is 0 Å². The van der Waals surface area contributed by atoms with Crippen molar-refractivity contribution >= 4 is 11.7 Å². The second-order valence-corrected chi connectivity index (χ2v) is 3.38. The number of carboxylic acid groups (broad SMARTS) is 1. The van der Waals surface area contributed by atoms with E-state index in [9.17, 15) is 4.79 Å².